The molecule has 4 aromatic rings. The van der Waals surface area contributed by atoms with Crippen molar-refractivity contribution < 1.29 is 13.5 Å². The van der Waals surface area contributed by atoms with E-state index in [4.69, 9.17) is 9.72 Å². The van der Waals surface area contributed by atoms with Gasteiger partial charge in [-0.3, -0.25) is 4.90 Å². The van der Waals surface area contributed by atoms with Gasteiger partial charge >= 0.3 is 0 Å². The predicted molar refractivity (Wildman–Crippen MR) is 130 cm³/mol. The lowest BCUT2D eigenvalue weighted by molar-refractivity contribution is 0.244. The molecule has 0 amide bonds. The number of halogens is 2. The number of ether oxygens (including phenoxy) is 1. The number of imidazole rings is 1. The number of anilines is 1. The van der Waals surface area contributed by atoms with Gasteiger partial charge in [0, 0.05) is 49.1 Å². The van der Waals surface area contributed by atoms with Crippen LogP contribution in [0, 0.1) is 11.6 Å². The summed E-state index contributed by atoms with van der Waals surface area (Å²) in [4.78, 5) is 12.9. The third-order valence-electron chi connectivity index (χ3n) is 6.13. The summed E-state index contributed by atoms with van der Waals surface area (Å²) >= 11 is 0. The topological polar surface area (TPSA) is 44.4 Å². The first kappa shape index (κ1) is 22.1. The van der Waals surface area contributed by atoms with E-state index in [1.165, 1.54) is 24.3 Å². The van der Waals surface area contributed by atoms with Crippen LogP contribution in [0.2, 0.25) is 0 Å². The Hall–Kier alpha value is -3.71. The van der Waals surface area contributed by atoms with Crippen molar-refractivity contribution >= 4 is 5.69 Å². The lowest BCUT2D eigenvalue weighted by Crippen LogP contribution is -2.46. The standard InChI is InChI=1S/C27H26F2N4O/c1-34-24-10-4-9-23(17-24)33-13-11-32(12-14-33)18-25-30-26(19-5-2-7-21(28)15-19)27(31-25)20-6-3-8-22(29)16-20/h2-10,15-17H,11-14,18H2,1H3,(H,30,31). The van der Waals surface area contributed by atoms with E-state index in [0.717, 1.165) is 43.4 Å². The molecular formula is C27H26F2N4O. The van der Waals surface area contributed by atoms with Crippen LogP contribution in [-0.2, 0) is 6.54 Å². The Bertz CT molecular complexity index is 1220. The SMILES string of the molecule is COc1cccc(N2CCN(Cc3nc(-c4cccc(F)c4)c(-c4cccc(F)c4)[nH]3)CC2)c1. The molecular weight excluding hydrogens is 434 g/mol. The van der Waals surface area contributed by atoms with Crippen LogP contribution in [0.5, 0.6) is 5.75 Å². The highest BCUT2D eigenvalue weighted by Crippen LogP contribution is 2.31. The molecule has 0 radical (unpaired) electrons. The monoisotopic (exact) mass is 460 g/mol. The summed E-state index contributed by atoms with van der Waals surface area (Å²) in [5.41, 5.74) is 3.80. The van der Waals surface area contributed by atoms with Crippen molar-refractivity contribution in [1.82, 2.24) is 14.9 Å². The number of methoxy groups -OCH3 is 1. The van der Waals surface area contributed by atoms with Crippen LogP contribution in [0.1, 0.15) is 5.82 Å². The molecule has 5 rings (SSSR count). The first-order valence-electron chi connectivity index (χ1n) is 11.3. The smallest absolute Gasteiger partial charge is 0.123 e. The largest absolute Gasteiger partial charge is 0.497 e. The fourth-order valence-electron chi connectivity index (χ4n) is 4.38. The second-order valence-electron chi connectivity index (χ2n) is 8.39. The molecule has 1 aromatic heterocycles. The van der Waals surface area contributed by atoms with Crippen molar-refractivity contribution in [3.63, 3.8) is 0 Å². The maximum absolute atomic E-state index is 13.9. The molecule has 3 aromatic carbocycles. The molecule has 5 nitrogen and oxygen atoms in total. The van der Waals surface area contributed by atoms with Gasteiger partial charge in [0.15, 0.2) is 0 Å². The van der Waals surface area contributed by atoms with Gasteiger partial charge < -0.3 is 14.6 Å². The molecule has 2 heterocycles. The van der Waals surface area contributed by atoms with Crippen molar-refractivity contribution in [2.45, 2.75) is 6.54 Å². The maximum Gasteiger partial charge on any atom is 0.123 e. The Kier molecular flexibility index (Phi) is 6.27. The zero-order valence-corrected chi connectivity index (χ0v) is 19.0. The number of piperazine rings is 1. The van der Waals surface area contributed by atoms with Gasteiger partial charge in [-0.1, -0.05) is 30.3 Å². The fraction of sp³-hybridized carbons (Fsp3) is 0.222. The fourth-order valence-corrected chi connectivity index (χ4v) is 4.38. The minimum absolute atomic E-state index is 0.326. The lowest BCUT2D eigenvalue weighted by atomic mass is 10.0. The normalized spacial score (nSPS) is 14.4. The minimum atomic E-state index is -0.332. The first-order valence-corrected chi connectivity index (χ1v) is 11.3. The predicted octanol–water partition coefficient (Wildman–Crippen LogP) is 5.35. The van der Waals surface area contributed by atoms with Crippen LogP contribution in [0.25, 0.3) is 22.5 Å². The Morgan fingerprint density at radius 1 is 0.853 bits per heavy atom. The number of H-pyrrole nitrogens is 1. The molecule has 1 N–H and O–H groups in total. The van der Waals surface area contributed by atoms with Crippen molar-refractivity contribution in [1.29, 1.82) is 0 Å². The Morgan fingerprint density at radius 2 is 1.53 bits per heavy atom. The van der Waals surface area contributed by atoms with Crippen LogP contribution >= 0.6 is 0 Å². The number of hydrogen-bond acceptors (Lipinski definition) is 4. The number of aromatic nitrogens is 2. The second kappa shape index (κ2) is 9.65. The van der Waals surface area contributed by atoms with Crippen molar-refractivity contribution in [2.24, 2.45) is 0 Å². The maximum atomic E-state index is 13.9. The Morgan fingerprint density at radius 3 is 2.24 bits per heavy atom. The lowest BCUT2D eigenvalue weighted by Gasteiger charge is -2.35. The molecule has 174 valence electrons. The molecule has 1 aliphatic rings. The number of nitrogens with zero attached hydrogens (tertiary/aromatic N) is 3. The van der Waals surface area contributed by atoms with Gasteiger partial charge in [-0.2, -0.15) is 0 Å². The van der Waals surface area contributed by atoms with Crippen LogP contribution in [-0.4, -0.2) is 48.2 Å². The molecule has 1 aliphatic heterocycles. The van der Waals surface area contributed by atoms with Crippen LogP contribution < -0.4 is 9.64 Å². The number of rotatable bonds is 6. The van der Waals surface area contributed by atoms with E-state index in [2.05, 4.69) is 26.9 Å². The molecule has 0 atom stereocenters. The van der Waals surface area contributed by atoms with E-state index in [1.54, 1.807) is 19.2 Å². The van der Waals surface area contributed by atoms with Crippen molar-refractivity contribution in [3.05, 3.63) is 90.3 Å². The van der Waals surface area contributed by atoms with E-state index in [9.17, 15) is 8.78 Å². The van der Waals surface area contributed by atoms with E-state index in [-0.39, 0.29) is 11.6 Å². The highest BCUT2D eigenvalue weighted by atomic mass is 19.1. The summed E-state index contributed by atoms with van der Waals surface area (Å²) < 4.78 is 33.2. The minimum Gasteiger partial charge on any atom is -0.497 e. The van der Waals surface area contributed by atoms with Crippen LogP contribution in [0.15, 0.2) is 72.8 Å². The van der Waals surface area contributed by atoms with E-state index in [1.807, 2.05) is 24.3 Å². The van der Waals surface area contributed by atoms with Gasteiger partial charge in [0.2, 0.25) is 0 Å². The molecule has 1 fully saturated rings. The van der Waals surface area contributed by atoms with E-state index >= 15 is 0 Å². The summed E-state index contributed by atoms with van der Waals surface area (Å²) in [6, 6.07) is 20.8. The number of benzene rings is 3. The summed E-state index contributed by atoms with van der Waals surface area (Å²) in [7, 11) is 1.68. The number of hydrogen-bond donors (Lipinski definition) is 1. The average molecular weight is 461 g/mol. The molecule has 0 spiro atoms. The van der Waals surface area contributed by atoms with Gasteiger partial charge in [0.1, 0.15) is 23.2 Å². The Labute approximate surface area is 197 Å². The number of aromatic amines is 1. The third kappa shape index (κ3) is 4.79. The first-order chi connectivity index (χ1) is 16.6. The molecule has 0 saturated carbocycles. The van der Waals surface area contributed by atoms with Gasteiger partial charge in [-0.25, -0.2) is 13.8 Å². The molecule has 7 heteroatoms. The number of nitrogens with one attached hydrogen (secondary N) is 1. The van der Waals surface area contributed by atoms with Crippen LogP contribution in [0.4, 0.5) is 14.5 Å². The third-order valence-corrected chi connectivity index (χ3v) is 6.13. The summed E-state index contributed by atoms with van der Waals surface area (Å²) in [6.45, 7) is 4.16. The van der Waals surface area contributed by atoms with Gasteiger partial charge in [-0.05, 0) is 36.4 Å². The van der Waals surface area contributed by atoms with Gasteiger partial charge in [0.05, 0.1) is 25.0 Å². The molecule has 34 heavy (non-hydrogen) atoms. The van der Waals surface area contributed by atoms with Gasteiger partial charge in [-0.15, -0.1) is 0 Å². The molecule has 1 saturated heterocycles. The van der Waals surface area contributed by atoms with Crippen molar-refractivity contribution in [3.8, 4) is 28.3 Å². The second-order valence-corrected chi connectivity index (χ2v) is 8.39. The van der Waals surface area contributed by atoms with E-state index < -0.39 is 0 Å². The molecule has 0 unspecified atom stereocenters. The van der Waals surface area contributed by atoms with Crippen molar-refractivity contribution in [2.75, 3.05) is 38.2 Å². The highest BCUT2D eigenvalue weighted by molar-refractivity contribution is 5.78. The molecule has 0 bridgehead atoms. The summed E-state index contributed by atoms with van der Waals surface area (Å²) in [5.74, 6) is 0.965. The van der Waals surface area contributed by atoms with E-state index in [0.29, 0.717) is 29.1 Å². The average Bonchev–Trinajstić information content (AvgIpc) is 3.28. The quantitative estimate of drug-likeness (QED) is 0.421. The molecule has 0 aliphatic carbocycles. The summed E-state index contributed by atoms with van der Waals surface area (Å²) in [5, 5.41) is 0. The van der Waals surface area contributed by atoms with Gasteiger partial charge in [0.25, 0.3) is 0 Å². The van der Waals surface area contributed by atoms with Crippen LogP contribution in [0.3, 0.4) is 0 Å². The Balaban J connectivity index is 1.36. The summed E-state index contributed by atoms with van der Waals surface area (Å²) in [6.07, 6.45) is 0. The highest BCUT2D eigenvalue weighted by Gasteiger charge is 2.21. The zero-order chi connectivity index (χ0) is 23.5. The zero-order valence-electron chi connectivity index (χ0n) is 19.0.